The smallest absolute Gasteiger partial charge is 0.135 e. The first-order valence-electron chi connectivity index (χ1n) is 5.08. The number of benzene rings is 1. The second-order valence-electron chi connectivity index (χ2n) is 3.65. The number of aromatic nitrogens is 1. The van der Waals surface area contributed by atoms with Crippen LogP contribution in [0.5, 0.6) is 0 Å². The molecule has 0 aliphatic rings. The lowest BCUT2D eigenvalue weighted by molar-refractivity contribution is 0.524. The number of nitrogens with two attached hydrogens (primary N) is 1. The number of nitrogens with zero attached hydrogens (tertiary/aromatic N) is 1. The summed E-state index contributed by atoms with van der Waals surface area (Å²) in [6, 6.07) is 7.10. The van der Waals surface area contributed by atoms with Gasteiger partial charge in [0.1, 0.15) is 22.4 Å². The van der Waals surface area contributed by atoms with Gasteiger partial charge < -0.3 is 10.2 Å². The Hall–Kier alpha value is -1.36. The maximum atomic E-state index is 6.09. The van der Waals surface area contributed by atoms with Crippen LogP contribution >= 0.6 is 22.9 Å². The van der Waals surface area contributed by atoms with Crippen molar-refractivity contribution in [3.05, 3.63) is 51.6 Å². The van der Waals surface area contributed by atoms with Crippen LogP contribution in [0.4, 0.5) is 0 Å². The van der Waals surface area contributed by atoms with Crippen LogP contribution in [0.15, 0.2) is 40.3 Å². The molecule has 3 nitrogen and oxygen atoms in total. The first-order chi connectivity index (χ1) is 8.25. The maximum absolute atomic E-state index is 6.09. The van der Waals surface area contributed by atoms with E-state index in [4.69, 9.17) is 21.8 Å². The van der Waals surface area contributed by atoms with Crippen molar-refractivity contribution in [2.45, 2.75) is 6.04 Å². The highest BCUT2D eigenvalue weighted by Crippen LogP contribution is 2.31. The second kappa shape index (κ2) is 4.14. The molecule has 1 atom stereocenters. The Bertz CT molecular complexity index is 648. The van der Waals surface area contributed by atoms with Crippen LogP contribution in [-0.4, -0.2) is 4.98 Å². The van der Waals surface area contributed by atoms with E-state index >= 15 is 0 Å². The molecule has 5 heteroatoms. The van der Waals surface area contributed by atoms with Gasteiger partial charge in [-0.2, -0.15) is 0 Å². The van der Waals surface area contributed by atoms with Crippen molar-refractivity contribution >= 4 is 33.9 Å². The van der Waals surface area contributed by atoms with Crippen molar-refractivity contribution < 1.29 is 4.42 Å². The van der Waals surface area contributed by atoms with Crippen LogP contribution in [0.1, 0.15) is 16.8 Å². The minimum absolute atomic E-state index is 0.335. The molecule has 0 saturated carbocycles. The molecule has 0 aliphatic heterocycles. The molecular weight excluding hydrogens is 256 g/mol. The number of halogens is 1. The number of hydrogen-bond acceptors (Lipinski definition) is 4. The summed E-state index contributed by atoms with van der Waals surface area (Å²) in [7, 11) is 0. The largest absolute Gasteiger partial charge is 0.459 e. The van der Waals surface area contributed by atoms with E-state index in [1.807, 2.05) is 29.6 Å². The Kier molecular flexibility index (Phi) is 2.63. The quantitative estimate of drug-likeness (QED) is 0.770. The molecule has 0 fully saturated rings. The van der Waals surface area contributed by atoms with E-state index in [0.717, 1.165) is 16.0 Å². The fourth-order valence-electron chi connectivity index (χ4n) is 1.71. The molecule has 0 bridgehead atoms. The van der Waals surface area contributed by atoms with Gasteiger partial charge in [-0.1, -0.05) is 17.7 Å². The summed E-state index contributed by atoms with van der Waals surface area (Å²) >= 11 is 7.60. The SMILES string of the molecule is NC(c1cc2c(Cl)cccc2o1)c1nccs1. The fourth-order valence-corrected chi connectivity index (χ4v) is 2.57. The van der Waals surface area contributed by atoms with Crippen LogP contribution in [0.25, 0.3) is 11.0 Å². The molecule has 3 rings (SSSR count). The molecule has 3 aromatic rings. The Balaban J connectivity index is 2.10. The van der Waals surface area contributed by atoms with Crippen molar-refractivity contribution in [2.24, 2.45) is 5.73 Å². The van der Waals surface area contributed by atoms with Crippen molar-refractivity contribution in [2.75, 3.05) is 0 Å². The lowest BCUT2D eigenvalue weighted by Gasteiger charge is -2.03. The highest BCUT2D eigenvalue weighted by atomic mass is 35.5. The molecule has 0 amide bonds. The van der Waals surface area contributed by atoms with E-state index in [2.05, 4.69) is 4.98 Å². The van der Waals surface area contributed by atoms with Gasteiger partial charge in [0.15, 0.2) is 0 Å². The summed E-state index contributed by atoms with van der Waals surface area (Å²) in [6.07, 6.45) is 1.73. The average molecular weight is 265 g/mol. The van der Waals surface area contributed by atoms with Crippen molar-refractivity contribution in [3.63, 3.8) is 0 Å². The van der Waals surface area contributed by atoms with Crippen molar-refractivity contribution in [1.29, 1.82) is 0 Å². The molecule has 17 heavy (non-hydrogen) atoms. The van der Waals surface area contributed by atoms with Crippen LogP contribution in [0, 0.1) is 0 Å². The van der Waals surface area contributed by atoms with Crippen LogP contribution in [-0.2, 0) is 0 Å². The van der Waals surface area contributed by atoms with Gasteiger partial charge in [0, 0.05) is 17.0 Å². The molecule has 86 valence electrons. The van der Waals surface area contributed by atoms with E-state index in [-0.39, 0.29) is 6.04 Å². The standard InChI is InChI=1S/C12H9ClN2OS/c13-8-2-1-3-9-7(8)6-10(16-9)11(14)12-15-4-5-17-12/h1-6,11H,14H2. The number of hydrogen-bond donors (Lipinski definition) is 1. The van der Waals surface area contributed by atoms with Gasteiger partial charge in [-0.25, -0.2) is 4.98 Å². The van der Waals surface area contributed by atoms with E-state index in [9.17, 15) is 0 Å². The zero-order valence-corrected chi connectivity index (χ0v) is 10.3. The third kappa shape index (κ3) is 1.84. The predicted molar refractivity (Wildman–Crippen MR) is 69.4 cm³/mol. The first kappa shape index (κ1) is 10.8. The van der Waals surface area contributed by atoms with Gasteiger partial charge in [-0.3, -0.25) is 0 Å². The lowest BCUT2D eigenvalue weighted by Crippen LogP contribution is -2.10. The number of furan rings is 1. The Labute approximate surface area is 107 Å². The van der Waals surface area contributed by atoms with Crippen LogP contribution in [0.3, 0.4) is 0 Å². The molecule has 0 saturated heterocycles. The molecule has 0 spiro atoms. The summed E-state index contributed by atoms with van der Waals surface area (Å²) in [5.74, 6) is 0.683. The third-order valence-electron chi connectivity index (χ3n) is 2.55. The van der Waals surface area contributed by atoms with Gasteiger partial charge in [0.25, 0.3) is 0 Å². The van der Waals surface area contributed by atoms with Crippen molar-refractivity contribution in [1.82, 2.24) is 4.98 Å². The summed E-state index contributed by atoms with van der Waals surface area (Å²) in [4.78, 5) is 4.19. The van der Waals surface area contributed by atoms with Gasteiger partial charge >= 0.3 is 0 Å². The maximum Gasteiger partial charge on any atom is 0.135 e. The summed E-state index contributed by atoms with van der Waals surface area (Å²) in [5, 5.41) is 4.28. The second-order valence-corrected chi connectivity index (χ2v) is 4.98. The zero-order valence-electron chi connectivity index (χ0n) is 8.76. The number of thiazole rings is 1. The molecule has 2 heterocycles. The minimum Gasteiger partial charge on any atom is -0.459 e. The minimum atomic E-state index is -0.335. The third-order valence-corrected chi connectivity index (χ3v) is 3.74. The molecule has 1 aromatic carbocycles. The summed E-state index contributed by atoms with van der Waals surface area (Å²) in [6.45, 7) is 0. The fraction of sp³-hybridized carbons (Fsp3) is 0.0833. The molecule has 2 aromatic heterocycles. The highest BCUT2D eigenvalue weighted by Gasteiger charge is 2.17. The summed E-state index contributed by atoms with van der Waals surface area (Å²) < 4.78 is 5.69. The zero-order chi connectivity index (χ0) is 11.8. The molecular formula is C12H9ClN2OS. The highest BCUT2D eigenvalue weighted by molar-refractivity contribution is 7.09. The number of rotatable bonds is 2. The Morgan fingerprint density at radius 3 is 3.00 bits per heavy atom. The molecule has 2 N–H and O–H groups in total. The normalized spacial score (nSPS) is 13.1. The van der Waals surface area contributed by atoms with Crippen LogP contribution < -0.4 is 5.73 Å². The average Bonchev–Trinajstić information content (AvgIpc) is 2.98. The van der Waals surface area contributed by atoms with E-state index < -0.39 is 0 Å². The van der Waals surface area contributed by atoms with Crippen molar-refractivity contribution in [3.8, 4) is 0 Å². The number of fused-ring (bicyclic) bond motifs is 1. The molecule has 1 unspecified atom stereocenters. The van der Waals surface area contributed by atoms with E-state index in [1.165, 1.54) is 11.3 Å². The molecule has 0 radical (unpaired) electrons. The Morgan fingerprint density at radius 2 is 2.29 bits per heavy atom. The van der Waals surface area contributed by atoms with Gasteiger partial charge in [0.2, 0.25) is 0 Å². The predicted octanol–water partition coefficient (Wildman–Crippen LogP) is 3.59. The van der Waals surface area contributed by atoms with Gasteiger partial charge in [-0.15, -0.1) is 11.3 Å². The first-order valence-corrected chi connectivity index (χ1v) is 6.34. The molecule has 0 aliphatic carbocycles. The van der Waals surface area contributed by atoms with Gasteiger partial charge in [0.05, 0.1) is 5.02 Å². The van der Waals surface area contributed by atoms with E-state index in [1.54, 1.807) is 6.20 Å². The van der Waals surface area contributed by atoms with Gasteiger partial charge in [-0.05, 0) is 18.2 Å². The van der Waals surface area contributed by atoms with E-state index in [0.29, 0.717) is 10.8 Å². The lowest BCUT2D eigenvalue weighted by atomic mass is 10.2. The Morgan fingerprint density at radius 1 is 1.41 bits per heavy atom. The monoisotopic (exact) mass is 264 g/mol. The van der Waals surface area contributed by atoms with Crippen LogP contribution in [0.2, 0.25) is 5.02 Å². The summed E-state index contributed by atoms with van der Waals surface area (Å²) in [5.41, 5.74) is 6.84. The topological polar surface area (TPSA) is 52.0 Å².